The number of amides is 1. The zero-order valence-electron chi connectivity index (χ0n) is 10.3. The zero-order chi connectivity index (χ0) is 13.8. The highest BCUT2D eigenvalue weighted by molar-refractivity contribution is 6.15. The summed E-state index contributed by atoms with van der Waals surface area (Å²) in [4.78, 5) is 33.5. The van der Waals surface area contributed by atoms with E-state index in [0.29, 0.717) is 18.5 Å². The van der Waals surface area contributed by atoms with Crippen LogP contribution in [0.15, 0.2) is 18.2 Å². The highest BCUT2D eigenvalue weighted by Gasteiger charge is 2.31. The van der Waals surface area contributed by atoms with Crippen LogP contribution in [0.5, 0.6) is 0 Å². The number of rotatable bonds is 2. The molecule has 0 unspecified atom stereocenters. The van der Waals surface area contributed by atoms with Gasteiger partial charge in [-0.2, -0.15) is 0 Å². The third-order valence-electron chi connectivity index (χ3n) is 2.52. The molecule has 1 aromatic rings. The third-order valence-corrected chi connectivity index (χ3v) is 2.52. The summed E-state index contributed by atoms with van der Waals surface area (Å²) in [6.07, 6.45) is 0.465. The Morgan fingerprint density at radius 3 is 2.84 bits per heavy atom. The topological polar surface area (TPSA) is 72.5 Å². The van der Waals surface area contributed by atoms with Crippen molar-refractivity contribution in [2.45, 2.75) is 13.3 Å². The van der Waals surface area contributed by atoms with Crippen LogP contribution in [0.25, 0.3) is 0 Å². The molecule has 0 radical (unpaired) electrons. The van der Waals surface area contributed by atoms with Crippen molar-refractivity contribution in [3.05, 3.63) is 34.9 Å². The molecule has 2 rings (SSSR count). The highest BCUT2D eigenvalue weighted by Crippen LogP contribution is 2.22. The lowest BCUT2D eigenvalue weighted by atomic mass is 10.0. The fourth-order valence-electron chi connectivity index (χ4n) is 1.70. The maximum Gasteiger partial charge on any atom is 0.348 e. The maximum absolute atomic E-state index is 11.5. The number of carbonyl (C=O) groups is 3. The van der Waals surface area contributed by atoms with E-state index in [1.165, 1.54) is 13.0 Å². The number of benzene rings is 1. The Hall–Kier alpha value is -2.61. The number of cyclic esters (lactones) is 2. The van der Waals surface area contributed by atoms with E-state index < -0.39 is 11.9 Å². The van der Waals surface area contributed by atoms with Crippen molar-refractivity contribution in [1.29, 1.82) is 0 Å². The lowest BCUT2D eigenvalue weighted by Crippen LogP contribution is -2.20. The minimum absolute atomic E-state index is 0.114. The van der Waals surface area contributed by atoms with Crippen molar-refractivity contribution >= 4 is 17.8 Å². The molecule has 1 aromatic carbocycles. The van der Waals surface area contributed by atoms with Crippen LogP contribution in [-0.4, -0.2) is 24.4 Å². The van der Waals surface area contributed by atoms with Crippen LogP contribution in [0, 0.1) is 11.8 Å². The summed E-state index contributed by atoms with van der Waals surface area (Å²) in [5.41, 5.74) is 0.939. The maximum atomic E-state index is 11.5. The zero-order valence-corrected chi connectivity index (χ0v) is 10.3. The van der Waals surface area contributed by atoms with Gasteiger partial charge in [0.15, 0.2) is 0 Å². The molecular formula is C14H11NO4. The molecule has 1 aliphatic heterocycles. The molecule has 1 amide bonds. The standard InChI is InChI=1S/C14H11NO4/c1-9(16)15-8-3-2-5-10-6-4-7-11-12(10)14(18)19-13(11)17/h4,6-7H,3,8H2,1H3,(H,15,16). The van der Waals surface area contributed by atoms with E-state index in [1.54, 1.807) is 12.1 Å². The van der Waals surface area contributed by atoms with Gasteiger partial charge in [0.05, 0.1) is 11.1 Å². The summed E-state index contributed by atoms with van der Waals surface area (Å²) in [5, 5.41) is 2.61. The summed E-state index contributed by atoms with van der Waals surface area (Å²) in [5.74, 6) is 4.24. The predicted molar refractivity (Wildman–Crippen MR) is 66.4 cm³/mol. The molecule has 1 N–H and O–H groups in total. The normalized spacial score (nSPS) is 12.3. The largest absolute Gasteiger partial charge is 0.386 e. The lowest BCUT2D eigenvalue weighted by Gasteiger charge is -1.97. The van der Waals surface area contributed by atoms with Gasteiger partial charge in [-0.1, -0.05) is 17.9 Å². The molecule has 96 valence electrons. The van der Waals surface area contributed by atoms with Crippen LogP contribution < -0.4 is 5.32 Å². The van der Waals surface area contributed by atoms with Gasteiger partial charge in [-0.3, -0.25) is 4.79 Å². The SMILES string of the molecule is CC(=O)NCCC#Cc1cccc2c1C(=O)OC2=O. The molecule has 0 fully saturated rings. The van der Waals surface area contributed by atoms with Gasteiger partial charge in [0.1, 0.15) is 0 Å². The van der Waals surface area contributed by atoms with Gasteiger partial charge >= 0.3 is 11.9 Å². The Kier molecular flexibility index (Phi) is 3.62. The molecule has 0 aromatic heterocycles. The van der Waals surface area contributed by atoms with Gasteiger partial charge in [0.25, 0.3) is 0 Å². The van der Waals surface area contributed by atoms with Crippen LogP contribution in [0.2, 0.25) is 0 Å². The van der Waals surface area contributed by atoms with E-state index in [4.69, 9.17) is 0 Å². The minimum atomic E-state index is -0.660. The lowest BCUT2D eigenvalue weighted by molar-refractivity contribution is -0.118. The second-order valence-electron chi connectivity index (χ2n) is 3.94. The summed E-state index contributed by atoms with van der Waals surface area (Å²) in [6.45, 7) is 1.87. The third kappa shape index (κ3) is 2.80. The van der Waals surface area contributed by atoms with Gasteiger partial charge in [-0.25, -0.2) is 9.59 Å². The molecule has 5 heteroatoms. The molecule has 5 nitrogen and oxygen atoms in total. The number of nitrogens with one attached hydrogen (secondary N) is 1. The summed E-state index contributed by atoms with van der Waals surface area (Å²) in [7, 11) is 0. The molecule has 0 saturated carbocycles. The molecule has 0 bridgehead atoms. The van der Waals surface area contributed by atoms with E-state index in [2.05, 4.69) is 21.9 Å². The first-order valence-electron chi connectivity index (χ1n) is 5.72. The first-order chi connectivity index (χ1) is 9.09. The van der Waals surface area contributed by atoms with E-state index in [9.17, 15) is 14.4 Å². The molecule has 1 heterocycles. The smallest absolute Gasteiger partial charge is 0.348 e. The first kappa shape index (κ1) is 12.8. The molecule has 0 saturated heterocycles. The van der Waals surface area contributed by atoms with Crippen LogP contribution >= 0.6 is 0 Å². The Bertz CT molecular complexity index is 622. The van der Waals surface area contributed by atoms with Crippen molar-refractivity contribution < 1.29 is 19.1 Å². The Morgan fingerprint density at radius 1 is 1.32 bits per heavy atom. The molecule has 0 spiro atoms. The summed E-state index contributed by atoms with van der Waals surface area (Å²) >= 11 is 0. The van der Waals surface area contributed by atoms with Gasteiger partial charge in [-0.05, 0) is 12.1 Å². The number of fused-ring (bicyclic) bond motifs is 1. The Labute approximate surface area is 109 Å². The second-order valence-corrected chi connectivity index (χ2v) is 3.94. The number of ether oxygens (including phenoxy) is 1. The van der Waals surface area contributed by atoms with Gasteiger partial charge in [-0.15, -0.1) is 0 Å². The fourth-order valence-corrected chi connectivity index (χ4v) is 1.70. The predicted octanol–water partition coefficient (Wildman–Crippen LogP) is 0.875. The number of carbonyl (C=O) groups excluding carboxylic acids is 3. The van der Waals surface area contributed by atoms with E-state index >= 15 is 0 Å². The average Bonchev–Trinajstić information content (AvgIpc) is 2.65. The number of esters is 2. The van der Waals surface area contributed by atoms with E-state index in [-0.39, 0.29) is 17.0 Å². The quantitative estimate of drug-likeness (QED) is 0.369. The van der Waals surface area contributed by atoms with Crippen molar-refractivity contribution in [3.8, 4) is 11.8 Å². The fraction of sp³-hybridized carbons (Fsp3) is 0.214. The molecular weight excluding hydrogens is 246 g/mol. The van der Waals surface area contributed by atoms with Crippen LogP contribution in [-0.2, 0) is 9.53 Å². The van der Waals surface area contributed by atoms with Crippen LogP contribution in [0.3, 0.4) is 0 Å². The minimum Gasteiger partial charge on any atom is -0.386 e. The van der Waals surface area contributed by atoms with E-state index in [0.717, 1.165) is 0 Å². The van der Waals surface area contributed by atoms with Gasteiger partial charge in [0, 0.05) is 25.5 Å². The Balaban J connectivity index is 2.15. The molecule has 0 aliphatic carbocycles. The summed E-state index contributed by atoms with van der Waals surface area (Å²) < 4.78 is 4.53. The first-order valence-corrected chi connectivity index (χ1v) is 5.72. The number of hydrogen-bond donors (Lipinski definition) is 1. The monoisotopic (exact) mass is 257 g/mol. The van der Waals surface area contributed by atoms with Crippen molar-refractivity contribution in [2.75, 3.05) is 6.54 Å². The highest BCUT2D eigenvalue weighted by atomic mass is 16.6. The molecule has 0 atom stereocenters. The van der Waals surface area contributed by atoms with Crippen molar-refractivity contribution in [1.82, 2.24) is 5.32 Å². The van der Waals surface area contributed by atoms with Gasteiger partial charge in [0.2, 0.25) is 5.91 Å². The van der Waals surface area contributed by atoms with Crippen LogP contribution in [0.1, 0.15) is 39.6 Å². The Morgan fingerprint density at radius 2 is 2.11 bits per heavy atom. The molecule has 19 heavy (non-hydrogen) atoms. The average molecular weight is 257 g/mol. The summed E-state index contributed by atoms with van der Waals surface area (Å²) in [6, 6.07) is 4.84. The van der Waals surface area contributed by atoms with Gasteiger partial charge < -0.3 is 10.1 Å². The molecule has 1 aliphatic rings. The van der Waals surface area contributed by atoms with E-state index in [1.807, 2.05) is 0 Å². The van der Waals surface area contributed by atoms with Crippen LogP contribution in [0.4, 0.5) is 0 Å². The second kappa shape index (κ2) is 5.36. The van der Waals surface area contributed by atoms with Crippen molar-refractivity contribution in [2.24, 2.45) is 0 Å². The van der Waals surface area contributed by atoms with Crippen molar-refractivity contribution in [3.63, 3.8) is 0 Å². The number of hydrogen-bond acceptors (Lipinski definition) is 4.